The molecule has 0 N–H and O–H groups in total. The van der Waals surface area contributed by atoms with E-state index in [-0.39, 0.29) is 5.92 Å². The van der Waals surface area contributed by atoms with E-state index >= 15 is 0 Å². The molecule has 0 saturated carbocycles. The highest BCUT2D eigenvalue weighted by Crippen LogP contribution is 2.31. The third-order valence-electron chi connectivity index (χ3n) is 3.61. The minimum atomic E-state index is 0.246. The highest BCUT2D eigenvalue weighted by molar-refractivity contribution is 5.62. The van der Waals surface area contributed by atoms with Crippen LogP contribution in [0, 0.1) is 0 Å². The zero-order valence-corrected chi connectivity index (χ0v) is 12.2. The summed E-state index contributed by atoms with van der Waals surface area (Å²) in [6.07, 6.45) is 3.09. The molecule has 1 aromatic carbocycles. The Labute approximate surface area is 124 Å². The smallest absolute Gasteiger partial charge is 0.261 e. The van der Waals surface area contributed by atoms with Crippen LogP contribution >= 0.6 is 0 Å². The van der Waals surface area contributed by atoms with Crippen molar-refractivity contribution >= 4 is 0 Å². The van der Waals surface area contributed by atoms with E-state index in [4.69, 9.17) is 14.0 Å². The summed E-state index contributed by atoms with van der Waals surface area (Å²) in [6, 6.07) is 7.79. The van der Waals surface area contributed by atoms with Crippen LogP contribution in [0.2, 0.25) is 0 Å². The molecule has 2 heterocycles. The lowest BCUT2D eigenvalue weighted by atomic mass is 10.1. The Balaban J connectivity index is 1.79. The van der Waals surface area contributed by atoms with Crippen molar-refractivity contribution in [2.75, 3.05) is 19.8 Å². The molecule has 1 atom stereocenters. The zero-order valence-electron chi connectivity index (χ0n) is 12.2. The van der Waals surface area contributed by atoms with Crippen LogP contribution in [0.15, 0.2) is 28.8 Å². The first kappa shape index (κ1) is 14.1. The molecule has 0 radical (unpaired) electrons. The molecule has 1 aliphatic heterocycles. The van der Waals surface area contributed by atoms with E-state index < -0.39 is 0 Å². The van der Waals surface area contributed by atoms with Crippen molar-refractivity contribution in [3.05, 3.63) is 30.1 Å². The van der Waals surface area contributed by atoms with E-state index in [1.807, 2.05) is 24.3 Å². The lowest BCUT2D eigenvalue weighted by Crippen LogP contribution is -2.00. The van der Waals surface area contributed by atoms with Crippen LogP contribution in [0.4, 0.5) is 0 Å². The number of rotatable bonds is 6. The van der Waals surface area contributed by atoms with Gasteiger partial charge in [-0.05, 0) is 25.0 Å². The van der Waals surface area contributed by atoms with Gasteiger partial charge in [0.05, 0.1) is 18.8 Å². The van der Waals surface area contributed by atoms with Crippen LogP contribution in [0.5, 0.6) is 5.75 Å². The fraction of sp³-hybridized carbons (Fsp3) is 0.500. The summed E-state index contributed by atoms with van der Waals surface area (Å²) in [6.45, 7) is 4.28. The first-order valence-electron chi connectivity index (χ1n) is 7.52. The quantitative estimate of drug-likeness (QED) is 0.762. The van der Waals surface area contributed by atoms with Gasteiger partial charge in [0.25, 0.3) is 5.89 Å². The summed E-state index contributed by atoms with van der Waals surface area (Å²) >= 11 is 0. The summed E-state index contributed by atoms with van der Waals surface area (Å²) in [7, 11) is 0. The van der Waals surface area contributed by atoms with Gasteiger partial charge in [-0.25, -0.2) is 0 Å². The Bertz CT molecular complexity index is 576. The predicted octanol–water partition coefficient (Wildman–Crippen LogP) is 3.42. The molecule has 0 aliphatic carbocycles. The van der Waals surface area contributed by atoms with E-state index in [1.165, 1.54) is 0 Å². The molecule has 112 valence electrons. The lowest BCUT2D eigenvalue weighted by molar-refractivity contribution is 0.192. The molecular weight excluding hydrogens is 268 g/mol. The SMILES string of the molecule is CCCCOc1ccccc1-c1nc([C@@H]2CCOC2)no1. The van der Waals surface area contributed by atoms with Crippen molar-refractivity contribution in [2.24, 2.45) is 0 Å². The second-order valence-corrected chi connectivity index (χ2v) is 5.22. The number of aromatic nitrogens is 2. The molecule has 1 fully saturated rings. The Morgan fingerprint density at radius 3 is 3.05 bits per heavy atom. The third-order valence-corrected chi connectivity index (χ3v) is 3.61. The highest BCUT2D eigenvalue weighted by atomic mass is 16.5. The van der Waals surface area contributed by atoms with Crippen LogP contribution in [0.3, 0.4) is 0 Å². The zero-order chi connectivity index (χ0) is 14.5. The molecule has 1 aromatic heterocycles. The molecule has 1 aliphatic rings. The average molecular weight is 288 g/mol. The molecule has 0 amide bonds. The van der Waals surface area contributed by atoms with Gasteiger partial charge in [0.15, 0.2) is 5.82 Å². The summed E-state index contributed by atoms with van der Waals surface area (Å²) < 4.78 is 16.6. The molecule has 0 unspecified atom stereocenters. The number of hydrogen-bond acceptors (Lipinski definition) is 5. The van der Waals surface area contributed by atoms with E-state index in [0.717, 1.165) is 43.0 Å². The lowest BCUT2D eigenvalue weighted by Gasteiger charge is -2.08. The molecule has 0 bridgehead atoms. The van der Waals surface area contributed by atoms with Gasteiger partial charge < -0.3 is 14.0 Å². The van der Waals surface area contributed by atoms with Crippen LogP contribution in [0.1, 0.15) is 37.9 Å². The molecule has 2 aromatic rings. The number of benzene rings is 1. The Kier molecular flexibility index (Phi) is 4.50. The second-order valence-electron chi connectivity index (χ2n) is 5.22. The number of hydrogen-bond donors (Lipinski definition) is 0. The van der Waals surface area contributed by atoms with Crippen molar-refractivity contribution in [3.63, 3.8) is 0 Å². The van der Waals surface area contributed by atoms with E-state index in [2.05, 4.69) is 17.1 Å². The maximum atomic E-state index is 5.81. The molecule has 3 rings (SSSR count). The Morgan fingerprint density at radius 1 is 1.33 bits per heavy atom. The van der Waals surface area contributed by atoms with Crippen LogP contribution < -0.4 is 4.74 Å². The predicted molar refractivity (Wildman–Crippen MR) is 78.3 cm³/mol. The molecule has 21 heavy (non-hydrogen) atoms. The standard InChI is InChI=1S/C16H20N2O3/c1-2-3-9-20-14-7-5-4-6-13(14)16-17-15(18-21-16)12-8-10-19-11-12/h4-7,12H,2-3,8-11H2,1H3/t12-/m1/s1. The van der Waals surface area contributed by atoms with Crippen molar-refractivity contribution in [1.29, 1.82) is 0 Å². The molecule has 1 saturated heterocycles. The topological polar surface area (TPSA) is 57.4 Å². The minimum Gasteiger partial charge on any atom is -0.493 e. The Morgan fingerprint density at radius 2 is 2.24 bits per heavy atom. The van der Waals surface area contributed by atoms with Gasteiger partial charge in [-0.2, -0.15) is 4.98 Å². The summed E-state index contributed by atoms with van der Waals surface area (Å²) in [5, 5.41) is 4.09. The van der Waals surface area contributed by atoms with Crippen LogP contribution in [-0.4, -0.2) is 30.0 Å². The van der Waals surface area contributed by atoms with Gasteiger partial charge in [0, 0.05) is 12.5 Å². The number of unbranched alkanes of at least 4 members (excludes halogenated alkanes) is 1. The number of ether oxygens (including phenoxy) is 2. The first-order valence-corrected chi connectivity index (χ1v) is 7.52. The normalized spacial score (nSPS) is 18.0. The monoisotopic (exact) mass is 288 g/mol. The van der Waals surface area contributed by atoms with Crippen LogP contribution in [-0.2, 0) is 4.74 Å². The van der Waals surface area contributed by atoms with E-state index in [9.17, 15) is 0 Å². The third kappa shape index (κ3) is 3.24. The molecule has 5 heteroatoms. The molecular formula is C16H20N2O3. The average Bonchev–Trinajstić information content (AvgIpc) is 3.19. The van der Waals surface area contributed by atoms with Crippen LogP contribution in [0.25, 0.3) is 11.5 Å². The summed E-state index contributed by atoms with van der Waals surface area (Å²) in [4.78, 5) is 4.51. The van der Waals surface area contributed by atoms with Crippen molar-refractivity contribution in [1.82, 2.24) is 10.1 Å². The largest absolute Gasteiger partial charge is 0.493 e. The van der Waals surface area contributed by atoms with Crippen molar-refractivity contribution < 1.29 is 14.0 Å². The fourth-order valence-electron chi connectivity index (χ4n) is 2.34. The van der Waals surface area contributed by atoms with Gasteiger partial charge in [-0.1, -0.05) is 30.6 Å². The molecule has 5 nitrogen and oxygen atoms in total. The summed E-state index contributed by atoms with van der Waals surface area (Å²) in [5.74, 6) is 2.29. The van der Waals surface area contributed by atoms with Gasteiger partial charge >= 0.3 is 0 Å². The highest BCUT2D eigenvalue weighted by Gasteiger charge is 2.24. The minimum absolute atomic E-state index is 0.246. The van der Waals surface area contributed by atoms with Crippen molar-refractivity contribution in [3.8, 4) is 17.2 Å². The van der Waals surface area contributed by atoms with E-state index in [1.54, 1.807) is 0 Å². The first-order chi connectivity index (χ1) is 10.4. The molecule has 0 spiro atoms. The van der Waals surface area contributed by atoms with Gasteiger partial charge in [-0.3, -0.25) is 0 Å². The van der Waals surface area contributed by atoms with E-state index in [0.29, 0.717) is 19.1 Å². The Hall–Kier alpha value is -1.88. The number of para-hydroxylation sites is 1. The maximum absolute atomic E-state index is 5.81. The number of nitrogens with zero attached hydrogens (tertiary/aromatic N) is 2. The van der Waals surface area contributed by atoms with Gasteiger partial charge in [0.2, 0.25) is 0 Å². The van der Waals surface area contributed by atoms with Crippen molar-refractivity contribution in [2.45, 2.75) is 32.1 Å². The van der Waals surface area contributed by atoms with Gasteiger partial charge in [-0.15, -0.1) is 0 Å². The summed E-state index contributed by atoms with van der Waals surface area (Å²) in [5.41, 5.74) is 0.853. The fourth-order valence-corrected chi connectivity index (χ4v) is 2.34. The maximum Gasteiger partial charge on any atom is 0.261 e. The second kappa shape index (κ2) is 6.72. The van der Waals surface area contributed by atoms with Gasteiger partial charge in [0.1, 0.15) is 5.75 Å².